The molecule has 0 aromatic heterocycles. The van der Waals surface area contributed by atoms with Gasteiger partial charge < -0.3 is 10.0 Å². The fourth-order valence-electron chi connectivity index (χ4n) is 2.60. The Morgan fingerprint density at radius 3 is 2.53 bits per heavy atom. The van der Waals surface area contributed by atoms with E-state index >= 15 is 0 Å². The maximum Gasteiger partial charge on any atom is 0.338 e. The van der Waals surface area contributed by atoms with E-state index in [9.17, 15) is 9.18 Å². The van der Waals surface area contributed by atoms with Gasteiger partial charge in [0, 0.05) is 12.5 Å². The number of likely N-dealkylation sites (tertiary alicyclic amines) is 1. The summed E-state index contributed by atoms with van der Waals surface area (Å²) in [6, 6.07) is 10.3. The zero-order valence-electron chi connectivity index (χ0n) is 11.0. The van der Waals surface area contributed by atoms with Crippen LogP contribution in [0.3, 0.4) is 0 Å². The van der Waals surface area contributed by atoms with Crippen molar-refractivity contribution in [3.05, 3.63) is 35.9 Å². The van der Waals surface area contributed by atoms with E-state index in [1.807, 2.05) is 18.2 Å². The second kappa shape index (κ2) is 6.66. The first-order valence-corrected chi connectivity index (χ1v) is 6.80. The highest BCUT2D eigenvalue weighted by molar-refractivity contribution is 5.72. The van der Waals surface area contributed by atoms with Gasteiger partial charge in [-0.2, -0.15) is 0 Å². The molecule has 1 heterocycles. The lowest BCUT2D eigenvalue weighted by Crippen LogP contribution is -2.39. The first kappa shape index (κ1) is 14.0. The number of nitrogens with zero attached hydrogens (tertiary/aromatic N) is 1. The molecule has 1 fully saturated rings. The molecule has 3 nitrogen and oxygen atoms in total. The Balaban J connectivity index is 1.73. The van der Waals surface area contributed by atoms with E-state index in [0.717, 1.165) is 26.1 Å². The Bertz CT molecular complexity index is 402. The van der Waals surface area contributed by atoms with Gasteiger partial charge in [-0.05, 0) is 37.9 Å². The molecule has 0 aliphatic carbocycles. The third-order valence-electron chi connectivity index (χ3n) is 3.84. The van der Waals surface area contributed by atoms with E-state index < -0.39 is 12.1 Å². The molecular weight excluding hydrogens is 245 g/mol. The second-order valence-electron chi connectivity index (χ2n) is 5.15. The molecule has 0 saturated carbocycles. The van der Waals surface area contributed by atoms with Crippen LogP contribution in [0.1, 0.15) is 18.4 Å². The van der Waals surface area contributed by atoms with Crippen molar-refractivity contribution in [2.75, 3.05) is 19.6 Å². The molecule has 0 bridgehead atoms. The van der Waals surface area contributed by atoms with E-state index in [0.29, 0.717) is 12.8 Å². The van der Waals surface area contributed by atoms with Crippen molar-refractivity contribution in [2.24, 2.45) is 5.92 Å². The van der Waals surface area contributed by atoms with Gasteiger partial charge in [0.15, 0.2) is 6.17 Å². The summed E-state index contributed by atoms with van der Waals surface area (Å²) in [6.07, 6.45) is 0.574. The number of benzene rings is 1. The molecule has 1 aromatic carbocycles. The number of alkyl halides is 1. The molecule has 2 rings (SSSR count). The van der Waals surface area contributed by atoms with Crippen LogP contribution < -0.4 is 0 Å². The smallest absolute Gasteiger partial charge is 0.338 e. The van der Waals surface area contributed by atoms with Crippen LogP contribution >= 0.6 is 0 Å². The zero-order valence-corrected chi connectivity index (χ0v) is 11.0. The number of hydrogen-bond acceptors (Lipinski definition) is 2. The number of rotatable bonds is 5. The number of carboxylic acids is 1. The highest BCUT2D eigenvalue weighted by Gasteiger charge is 2.30. The van der Waals surface area contributed by atoms with E-state index in [2.05, 4.69) is 17.0 Å². The lowest BCUT2D eigenvalue weighted by atomic mass is 9.92. The zero-order chi connectivity index (χ0) is 13.7. The molecule has 1 aliphatic rings. The van der Waals surface area contributed by atoms with Crippen LogP contribution in [0.15, 0.2) is 30.3 Å². The second-order valence-corrected chi connectivity index (χ2v) is 5.15. The van der Waals surface area contributed by atoms with Crippen molar-refractivity contribution in [2.45, 2.75) is 25.4 Å². The number of carbonyl (C=O) groups is 1. The van der Waals surface area contributed by atoms with E-state index in [1.54, 1.807) is 0 Å². The summed E-state index contributed by atoms with van der Waals surface area (Å²) >= 11 is 0. The van der Waals surface area contributed by atoms with Gasteiger partial charge in [-0.1, -0.05) is 30.3 Å². The van der Waals surface area contributed by atoms with Gasteiger partial charge in [-0.25, -0.2) is 9.18 Å². The predicted octanol–water partition coefficient (Wildman–Crippen LogP) is 2.36. The van der Waals surface area contributed by atoms with Gasteiger partial charge >= 0.3 is 5.97 Å². The molecular formula is C15H20FNO2. The van der Waals surface area contributed by atoms with Crippen molar-refractivity contribution >= 4 is 5.97 Å². The van der Waals surface area contributed by atoms with E-state index in [1.165, 1.54) is 5.56 Å². The molecule has 0 radical (unpaired) electrons. The van der Waals surface area contributed by atoms with E-state index in [-0.39, 0.29) is 5.92 Å². The molecule has 1 aliphatic heterocycles. The molecule has 4 heteroatoms. The fourth-order valence-corrected chi connectivity index (χ4v) is 2.60. The van der Waals surface area contributed by atoms with Crippen LogP contribution in [0.25, 0.3) is 0 Å². The van der Waals surface area contributed by atoms with Gasteiger partial charge in [0.2, 0.25) is 0 Å². The normalized spacial score (nSPS) is 19.2. The molecule has 1 atom stereocenters. The maximum atomic E-state index is 13.4. The molecule has 1 N–H and O–H groups in total. The van der Waals surface area contributed by atoms with Gasteiger partial charge in [-0.3, -0.25) is 0 Å². The largest absolute Gasteiger partial charge is 0.479 e. The first-order valence-electron chi connectivity index (χ1n) is 6.80. The monoisotopic (exact) mass is 265 g/mol. The summed E-state index contributed by atoms with van der Waals surface area (Å²) in [7, 11) is 0. The van der Waals surface area contributed by atoms with Crippen LogP contribution in [0.5, 0.6) is 0 Å². The first-order chi connectivity index (χ1) is 9.16. The summed E-state index contributed by atoms with van der Waals surface area (Å²) in [5, 5.41) is 8.66. The van der Waals surface area contributed by atoms with Crippen molar-refractivity contribution < 1.29 is 14.3 Å². The summed E-state index contributed by atoms with van der Waals surface area (Å²) in [5.74, 6) is -1.63. The van der Waals surface area contributed by atoms with Crippen LogP contribution in [0.4, 0.5) is 4.39 Å². The minimum absolute atomic E-state index is 0.314. The summed E-state index contributed by atoms with van der Waals surface area (Å²) in [5.41, 5.74) is 1.30. The van der Waals surface area contributed by atoms with Crippen molar-refractivity contribution in [1.29, 1.82) is 0 Å². The fraction of sp³-hybridized carbons (Fsp3) is 0.533. The Labute approximate surface area is 113 Å². The minimum Gasteiger partial charge on any atom is -0.479 e. The highest BCUT2D eigenvalue weighted by atomic mass is 19.1. The molecule has 0 amide bonds. The van der Waals surface area contributed by atoms with Gasteiger partial charge in [0.1, 0.15) is 0 Å². The third-order valence-corrected chi connectivity index (χ3v) is 3.84. The van der Waals surface area contributed by atoms with Gasteiger partial charge in [0.05, 0.1) is 0 Å². The maximum absolute atomic E-state index is 13.4. The average Bonchev–Trinajstić information content (AvgIpc) is 2.46. The van der Waals surface area contributed by atoms with Crippen LogP contribution in [-0.4, -0.2) is 41.8 Å². The predicted molar refractivity (Wildman–Crippen MR) is 71.8 cm³/mol. The Morgan fingerprint density at radius 1 is 1.32 bits per heavy atom. The van der Waals surface area contributed by atoms with Crippen molar-refractivity contribution in [3.8, 4) is 0 Å². The summed E-state index contributed by atoms with van der Waals surface area (Å²) < 4.78 is 13.4. The Morgan fingerprint density at radius 2 is 1.95 bits per heavy atom. The molecule has 1 unspecified atom stereocenters. The summed E-state index contributed by atoms with van der Waals surface area (Å²) in [6.45, 7) is 2.55. The Kier molecular flexibility index (Phi) is 4.91. The third kappa shape index (κ3) is 4.03. The number of piperidine rings is 1. The molecule has 19 heavy (non-hydrogen) atoms. The lowest BCUT2D eigenvalue weighted by Gasteiger charge is -2.32. The lowest BCUT2D eigenvalue weighted by molar-refractivity contribution is -0.145. The van der Waals surface area contributed by atoms with E-state index in [4.69, 9.17) is 5.11 Å². The number of hydrogen-bond donors (Lipinski definition) is 1. The Hall–Kier alpha value is -1.42. The highest BCUT2D eigenvalue weighted by Crippen LogP contribution is 2.23. The molecule has 1 aromatic rings. The van der Waals surface area contributed by atoms with Crippen LogP contribution in [0.2, 0.25) is 0 Å². The SMILES string of the molecule is O=C(O)C(F)C1CCN(CCc2ccccc2)CC1. The number of aliphatic carboxylic acids is 1. The van der Waals surface area contributed by atoms with Gasteiger partial charge in [-0.15, -0.1) is 0 Å². The molecule has 1 saturated heterocycles. The van der Waals surface area contributed by atoms with Gasteiger partial charge in [0.25, 0.3) is 0 Å². The number of halogens is 1. The molecule has 104 valence electrons. The minimum atomic E-state index is -1.70. The topological polar surface area (TPSA) is 40.5 Å². The van der Waals surface area contributed by atoms with Crippen molar-refractivity contribution in [3.63, 3.8) is 0 Å². The molecule has 0 spiro atoms. The van der Waals surface area contributed by atoms with Crippen LogP contribution in [0, 0.1) is 5.92 Å². The quantitative estimate of drug-likeness (QED) is 0.888. The van der Waals surface area contributed by atoms with Crippen LogP contribution in [-0.2, 0) is 11.2 Å². The average molecular weight is 265 g/mol. The summed E-state index contributed by atoms with van der Waals surface area (Å²) in [4.78, 5) is 12.9. The van der Waals surface area contributed by atoms with Crippen molar-refractivity contribution in [1.82, 2.24) is 4.90 Å². The number of carboxylic acid groups (broad SMARTS) is 1. The standard InChI is InChI=1S/C15H20FNO2/c16-14(15(18)19)13-7-10-17(11-8-13)9-6-12-4-2-1-3-5-12/h1-5,13-14H,6-11H2,(H,18,19).